The summed E-state index contributed by atoms with van der Waals surface area (Å²) in [7, 11) is 0. The van der Waals surface area contributed by atoms with Crippen LogP contribution in [-0.2, 0) is 12.8 Å². The standard InChI is InChI=1S/C23H26N4O2S/c1-3-8-20-26-27-23(30-20)22(29)25-19-12-7-11-18(15-19)21(28)24-16(2)13-14-17-9-5-4-6-10-17/h4-7,9-12,15-16H,3,8,13-14H2,1-2H3,(H,24,28)(H,25,29). The van der Waals surface area contributed by atoms with Crippen LogP contribution in [0.4, 0.5) is 5.69 Å². The lowest BCUT2D eigenvalue weighted by molar-refractivity contribution is 0.0937. The Hall–Kier alpha value is -3.06. The molecular formula is C23H26N4O2S. The molecule has 0 saturated carbocycles. The van der Waals surface area contributed by atoms with E-state index in [-0.39, 0.29) is 17.9 Å². The zero-order valence-corrected chi connectivity index (χ0v) is 18.0. The predicted molar refractivity (Wildman–Crippen MR) is 120 cm³/mol. The third-order valence-corrected chi connectivity index (χ3v) is 5.58. The molecule has 0 aliphatic carbocycles. The molecule has 6 nitrogen and oxygen atoms in total. The Balaban J connectivity index is 1.55. The monoisotopic (exact) mass is 422 g/mol. The maximum absolute atomic E-state index is 12.6. The molecule has 0 spiro atoms. The topological polar surface area (TPSA) is 84.0 Å². The van der Waals surface area contributed by atoms with Crippen molar-refractivity contribution in [1.82, 2.24) is 15.5 Å². The molecule has 0 saturated heterocycles. The number of anilines is 1. The Kier molecular flexibility index (Phi) is 7.68. The van der Waals surface area contributed by atoms with E-state index >= 15 is 0 Å². The number of carbonyl (C=O) groups is 2. The van der Waals surface area contributed by atoms with Gasteiger partial charge in [0.15, 0.2) is 0 Å². The zero-order valence-electron chi connectivity index (χ0n) is 17.2. The van der Waals surface area contributed by atoms with Gasteiger partial charge in [0, 0.05) is 23.7 Å². The van der Waals surface area contributed by atoms with Crippen molar-refractivity contribution in [2.24, 2.45) is 0 Å². The number of hydrogen-bond acceptors (Lipinski definition) is 5. The van der Waals surface area contributed by atoms with E-state index in [1.54, 1.807) is 24.3 Å². The second-order valence-corrected chi connectivity index (χ2v) is 8.25. The van der Waals surface area contributed by atoms with Crippen molar-refractivity contribution < 1.29 is 9.59 Å². The summed E-state index contributed by atoms with van der Waals surface area (Å²) in [4.78, 5) is 25.0. The molecule has 156 valence electrons. The fraction of sp³-hybridized carbons (Fsp3) is 0.304. The molecule has 0 fully saturated rings. The number of nitrogens with zero attached hydrogens (tertiary/aromatic N) is 2. The van der Waals surface area contributed by atoms with Gasteiger partial charge in [-0.1, -0.05) is 54.7 Å². The van der Waals surface area contributed by atoms with Gasteiger partial charge in [0.25, 0.3) is 11.8 Å². The van der Waals surface area contributed by atoms with Crippen molar-refractivity contribution in [2.75, 3.05) is 5.32 Å². The maximum atomic E-state index is 12.6. The minimum Gasteiger partial charge on any atom is -0.350 e. The highest BCUT2D eigenvalue weighted by molar-refractivity contribution is 7.13. The third kappa shape index (κ3) is 6.22. The minimum absolute atomic E-state index is 0.0364. The van der Waals surface area contributed by atoms with Crippen molar-refractivity contribution >= 4 is 28.8 Å². The van der Waals surface area contributed by atoms with Gasteiger partial charge in [-0.3, -0.25) is 9.59 Å². The van der Waals surface area contributed by atoms with Crippen molar-refractivity contribution in [3.05, 3.63) is 75.7 Å². The first-order valence-corrected chi connectivity index (χ1v) is 11.0. The van der Waals surface area contributed by atoms with Gasteiger partial charge in [-0.25, -0.2) is 0 Å². The zero-order chi connectivity index (χ0) is 21.3. The Morgan fingerprint density at radius 2 is 1.80 bits per heavy atom. The minimum atomic E-state index is -0.316. The summed E-state index contributed by atoms with van der Waals surface area (Å²) >= 11 is 1.29. The highest BCUT2D eigenvalue weighted by Gasteiger charge is 2.15. The molecule has 0 aliphatic heterocycles. The number of nitrogens with one attached hydrogen (secondary N) is 2. The lowest BCUT2D eigenvalue weighted by Gasteiger charge is -2.14. The van der Waals surface area contributed by atoms with E-state index in [0.717, 1.165) is 30.7 Å². The van der Waals surface area contributed by atoms with Crippen LogP contribution in [0.15, 0.2) is 54.6 Å². The molecule has 3 aromatic rings. The molecular weight excluding hydrogens is 396 g/mol. The van der Waals surface area contributed by atoms with E-state index in [1.807, 2.05) is 25.1 Å². The number of rotatable bonds is 9. The number of aryl methyl sites for hydroxylation is 2. The van der Waals surface area contributed by atoms with Gasteiger partial charge >= 0.3 is 0 Å². The third-order valence-electron chi connectivity index (χ3n) is 4.59. The van der Waals surface area contributed by atoms with Crippen molar-refractivity contribution in [3.63, 3.8) is 0 Å². The van der Waals surface area contributed by atoms with Gasteiger partial charge in [0.05, 0.1) is 0 Å². The van der Waals surface area contributed by atoms with E-state index in [9.17, 15) is 9.59 Å². The van der Waals surface area contributed by atoms with Gasteiger partial charge in [-0.05, 0) is 49.9 Å². The number of benzene rings is 2. The number of amides is 2. The molecule has 2 amide bonds. The van der Waals surface area contributed by atoms with Crippen LogP contribution >= 0.6 is 11.3 Å². The van der Waals surface area contributed by atoms with Crippen molar-refractivity contribution in [1.29, 1.82) is 0 Å². The highest BCUT2D eigenvalue weighted by atomic mass is 32.1. The van der Waals surface area contributed by atoms with E-state index in [2.05, 4.69) is 39.9 Å². The summed E-state index contributed by atoms with van der Waals surface area (Å²) in [6, 6.07) is 17.2. The second-order valence-electron chi connectivity index (χ2n) is 7.18. The SMILES string of the molecule is CCCc1nnc(C(=O)Nc2cccc(C(=O)NC(C)CCc3ccccc3)c2)s1. The van der Waals surface area contributed by atoms with E-state index in [4.69, 9.17) is 0 Å². The average molecular weight is 423 g/mol. The Morgan fingerprint density at radius 3 is 2.57 bits per heavy atom. The van der Waals surface area contributed by atoms with E-state index in [0.29, 0.717) is 16.3 Å². The Labute approximate surface area is 180 Å². The van der Waals surface area contributed by atoms with E-state index < -0.39 is 0 Å². The fourth-order valence-electron chi connectivity index (χ4n) is 2.99. The largest absolute Gasteiger partial charge is 0.350 e. The van der Waals surface area contributed by atoms with Crippen LogP contribution in [-0.4, -0.2) is 28.1 Å². The van der Waals surface area contributed by atoms with Gasteiger partial charge in [0.2, 0.25) is 5.01 Å². The maximum Gasteiger partial charge on any atom is 0.286 e. The molecule has 7 heteroatoms. The molecule has 1 aromatic heterocycles. The van der Waals surface area contributed by atoms with Crippen molar-refractivity contribution in [3.8, 4) is 0 Å². The van der Waals surface area contributed by atoms with Crippen LogP contribution < -0.4 is 10.6 Å². The second kappa shape index (κ2) is 10.6. The Bertz CT molecular complexity index is 988. The smallest absolute Gasteiger partial charge is 0.286 e. The molecule has 3 rings (SSSR count). The molecule has 2 N–H and O–H groups in total. The summed E-state index contributed by atoms with van der Waals surface area (Å²) in [5.41, 5.74) is 2.31. The van der Waals surface area contributed by atoms with E-state index in [1.165, 1.54) is 16.9 Å². The molecule has 30 heavy (non-hydrogen) atoms. The predicted octanol–water partition coefficient (Wildman–Crippen LogP) is 4.49. The number of hydrogen-bond donors (Lipinski definition) is 2. The fourth-order valence-corrected chi connectivity index (χ4v) is 3.83. The van der Waals surface area contributed by atoms with Crippen LogP contribution in [0.1, 0.15) is 57.4 Å². The van der Waals surface area contributed by atoms with Crippen LogP contribution in [0, 0.1) is 0 Å². The molecule has 0 radical (unpaired) electrons. The molecule has 0 bridgehead atoms. The number of carbonyl (C=O) groups excluding carboxylic acids is 2. The van der Waals surface area contributed by atoms with Gasteiger partial charge in [-0.15, -0.1) is 10.2 Å². The summed E-state index contributed by atoms with van der Waals surface area (Å²) < 4.78 is 0. The molecule has 1 atom stereocenters. The first-order valence-electron chi connectivity index (χ1n) is 10.1. The highest BCUT2D eigenvalue weighted by Crippen LogP contribution is 2.16. The lowest BCUT2D eigenvalue weighted by atomic mass is 10.1. The summed E-state index contributed by atoms with van der Waals surface area (Å²) in [6.07, 6.45) is 3.52. The first kappa shape index (κ1) is 21.6. The van der Waals surface area contributed by atoms with Crippen LogP contribution in [0.3, 0.4) is 0 Å². The summed E-state index contributed by atoms with van der Waals surface area (Å²) in [6.45, 7) is 4.05. The summed E-state index contributed by atoms with van der Waals surface area (Å²) in [5, 5.41) is 15.0. The van der Waals surface area contributed by atoms with Crippen molar-refractivity contribution in [2.45, 2.75) is 45.6 Å². The van der Waals surface area contributed by atoms with Crippen LogP contribution in [0.25, 0.3) is 0 Å². The van der Waals surface area contributed by atoms with Crippen LogP contribution in [0.2, 0.25) is 0 Å². The van der Waals surface area contributed by atoms with Gasteiger partial charge in [0.1, 0.15) is 5.01 Å². The Morgan fingerprint density at radius 1 is 1.00 bits per heavy atom. The number of aromatic nitrogens is 2. The molecule has 2 aromatic carbocycles. The first-order chi connectivity index (χ1) is 14.5. The molecule has 1 heterocycles. The van der Waals surface area contributed by atoms with Gasteiger partial charge < -0.3 is 10.6 Å². The molecule has 0 aliphatic rings. The van der Waals surface area contributed by atoms with Crippen LogP contribution in [0.5, 0.6) is 0 Å². The van der Waals surface area contributed by atoms with Gasteiger partial charge in [-0.2, -0.15) is 0 Å². The summed E-state index contributed by atoms with van der Waals surface area (Å²) in [5.74, 6) is -0.476. The lowest BCUT2D eigenvalue weighted by Crippen LogP contribution is -2.32. The quantitative estimate of drug-likeness (QED) is 0.532. The normalized spacial score (nSPS) is 11.7. The molecule has 1 unspecified atom stereocenters. The average Bonchev–Trinajstić information content (AvgIpc) is 3.22.